The van der Waals surface area contributed by atoms with E-state index in [1.807, 2.05) is 6.08 Å². The quantitative estimate of drug-likeness (QED) is 0.282. The van der Waals surface area contributed by atoms with Gasteiger partial charge in [-0.2, -0.15) is 0 Å². The number of aryl methyl sites for hydroxylation is 1. The van der Waals surface area contributed by atoms with Crippen LogP contribution in [0.5, 0.6) is 0 Å². The van der Waals surface area contributed by atoms with E-state index >= 15 is 0 Å². The van der Waals surface area contributed by atoms with E-state index in [0.29, 0.717) is 0 Å². The average molecular weight is 424 g/mol. The maximum atomic E-state index is 3.72. The summed E-state index contributed by atoms with van der Waals surface area (Å²) in [7, 11) is 0. The van der Waals surface area contributed by atoms with Gasteiger partial charge in [0.2, 0.25) is 0 Å². The van der Waals surface area contributed by atoms with Crippen LogP contribution in [-0.4, -0.2) is 0 Å². The maximum absolute atomic E-state index is 3.72. The largest absolute Gasteiger partial charge is 2.00 e. The fraction of sp³-hybridized carbons (Fsp3) is 0.385. The molecule has 0 N–H and O–H groups in total. The molecule has 3 heteroatoms. The Balaban J connectivity index is -0.000000563. The van der Waals surface area contributed by atoms with Crippen LogP contribution in [0.25, 0.3) is 0 Å². The molecule has 0 heterocycles. The zero-order valence-corrected chi connectivity index (χ0v) is 14.6. The van der Waals surface area contributed by atoms with Crippen LogP contribution in [0.4, 0.5) is 0 Å². The van der Waals surface area contributed by atoms with Gasteiger partial charge in [0, 0.05) is 0 Å². The van der Waals surface area contributed by atoms with Gasteiger partial charge in [-0.1, -0.05) is 42.8 Å². The van der Waals surface area contributed by atoms with Gasteiger partial charge >= 0.3 is 25.8 Å². The first-order valence-electron chi connectivity index (χ1n) is 5.08. The first-order chi connectivity index (χ1) is 6.43. The molecule has 1 rings (SSSR count). The molecule has 0 radical (unpaired) electrons. The van der Waals surface area contributed by atoms with Crippen molar-refractivity contribution >= 4 is 0 Å². The molecule has 0 amide bonds. The summed E-state index contributed by atoms with van der Waals surface area (Å²) in [4.78, 5) is 0. The summed E-state index contributed by atoms with van der Waals surface area (Å²) in [6, 6.07) is 10.7. The molecule has 0 unspecified atom stereocenters. The Morgan fingerprint density at radius 1 is 0.938 bits per heavy atom. The molecule has 0 fully saturated rings. The molecule has 0 aliphatic carbocycles. The Kier molecular flexibility index (Phi) is 20.9. The first kappa shape index (κ1) is 21.7. The Labute approximate surface area is 131 Å². The van der Waals surface area contributed by atoms with Crippen molar-refractivity contribution in [2.75, 3.05) is 0 Å². The van der Waals surface area contributed by atoms with Crippen molar-refractivity contribution in [3.63, 3.8) is 0 Å². The van der Waals surface area contributed by atoms with E-state index in [0.717, 1.165) is 6.42 Å². The predicted octanol–water partition coefficient (Wildman–Crippen LogP) is -2.02. The van der Waals surface area contributed by atoms with Gasteiger partial charge in [0.15, 0.2) is 0 Å². The van der Waals surface area contributed by atoms with E-state index in [9.17, 15) is 0 Å². The molecule has 1 aromatic rings. The summed E-state index contributed by atoms with van der Waals surface area (Å²) < 4.78 is 0. The number of hydrogen-bond acceptors (Lipinski definition) is 0. The predicted molar refractivity (Wildman–Crippen MR) is 58.8 cm³/mol. The number of hydrogen-bond donors (Lipinski definition) is 0. The zero-order chi connectivity index (χ0) is 9.36. The molecule has 0 atom stereocenters. The topological polar surface area (TPSA) is 0 Å². The molecule has 0 bridgehead atoms. The summed E-state index contributed by atoms with van der Waals surface area (Å²) in [6.07, 6.45) is 8.30. The third kappa shape index (κ3) is 10.9. The third-order valence-corrected chi connectivity index (χ3v) is 2.22. The zero-order valence-electron chi connectivity index (χ0n) is 9.46. The van der Waals surface area contributed by atoms with Crippen molar-refractivity contribution in [3.05, 3.63) is 48.6 Å². The molecular weight excluding hydrogens is 406 g/mol. The second kappa shape index (κ2) is 15.4. The van der Waals surface area contributed by atoms with Gasteiger partial charge in [0.05, 0.1) is 0 Å². The Morgan fingerprint density at radius 2 is 1.56 bits per heavy atom. The van der Waals surface area contributed by atoms with Crippen molar-refractivity contribution in [2.24, 2.45) is 0 Å². The second-order valence-corrected chi connectivity index (χ2v) is 3.37. The van der Waals surface area contributed by atoms with Crippen LogP contribution in [0.2, 0.25) is 0 Å². The average Bonchev–Trinajstić information content (AvgIpc) is 2.19. The van der Waals surface area contributed by atoms with E-state index in [2.05, 4.69) is 36.9 Å². The number of halogens is 2. The standard InChI is InChI=1S/C13H18.2ClH.Hf/c1-2-3-4-5-7-10-13-11-8-6-9-12-13;;;/h2,6,8-9,11-12H,1,3-5,7,10H2;2*1H;/q;;;+2/p-2. The van der Waals surface area contributed by atoms with E-state index < -0.39 is 0 Å². The monoisotopic (exact) mass is 424 g/mol. The van der Waals surface area contributed by atoms with Crippen molar-refractivity contribution in [2.45, 2.75) is 32.1 Å². The Hall–Kier alpha value is 0.410. The fourth-order valence-corrected chi connectivity index (χ4v) is 1.44. The van der Waals surface area contributed by atoms with Gasteiger partial charge in [-0.15, -0.1) is 6.58 Å². The number of unbranched alkanes of at least 4 members (excludes halogenated alkanes) is 3. The summed E-state index contributed by atoms with van der Waals surface area (Å²) >= 11 is 0. The maximum Gasteiger partial charge on any atom is 2.00 e. The summed E-state index contributed by atoms with van der Waals surface area (Å²) in [5.41, 5.74) is 1.46. The van der Waals surface area contributed by atoms with Crippen LogP contribution in [-0.2, 0) is 32.3 Å². The molecule has 0 aromatic heterocycles. The SMILES string of the molecule is C=CCCCCCc1ccccc1.[Cl-].[Cl-].[Hf+2]. The van der Waals surface area contributed by atoms with Gasteiger partial charge in [-0.25, -0.2) is 0 Å². The molecule has 0 saturated heterocycles. The van der Waals surface area contributed by atoms with E-state index in [1.54, 1.807) is 0 Å². The van der Waals surface area contributed by atoms with Crippen LogP contribution in [0.1, 0.15) is 31.2 Å². The number of allylic oxidation sites excluding steroid dienone is 1. The molecule has 0 spiro atoms. The normalized spacial score (nSPS) is 8.00. The molecular formula is C13H18Cl2Hf. The van der Waals surface area contributed by atoms with Crippen LogP contribution >= 0.6 is 0 Å². The van der Waals surface area contributed by atoms with Gasteiger partial charge in [0.1, 0.15) is 0 Å². The number of rotatable bonds is 6. The van der Waals surface area contributed by atoms with E-state index in [-0.39, 0.29) is 50.7 Å². The minimum absolute atomic E-state index is 0. The molecule has 0 aliphatic rings. The van der Waals surface area contributed by atoms with Crippen LogP contribution in [0, 0.1) is 0 Å². The van der Waals surface area contributed by atoms with E-state index in [1.165, 1.54) is 31.2 Å². The van der Waals surface area contributed by atoms with Gasteiger partial charge in [-0.05, 0) is 31.2 Å². The molecule has 0 nitrogen and oxygen atoms in total. The fourth-order valence-electron chi connectivity index (χ4n) is 1.44. The molecule has 0 aliphatic heterocycles. The van der Waals surface area contributed by atoms with Gasteiger partial charge < -0.3 is 24.8 Å². The number of benzene rings is 1. The molecule has 16 heavy (non-hydrogen) atoms. The Bertz CT molecular complexity index is 237. The van der Waals surface area contributed by atoms with Crippen LogP contribution in [0.3, 0.4) is 0 Å². The van der Waals surface area contributed by atoms with Crippen molar-refractivity contribution in [1.29, 1.82) is 0 Å². The molecule has 88 valence electrons. The third-order valence-electron chi connectivity index (χ3n) is 2.22. The van der Waals surface area contributed by atoms with Crippen LogP contribution < -0.4 is 24.8 Å². The van der Waals surface area contributed by atoms with Crippen LogP contribution in [0.15, 0.2) is 43.0 Å². The Morgan fingerprint density at radius 3 is 2.12 bits per heavy atom. The smallest absolute Gasteiger partial charge is 1.00 e. The van der Waals surface area contributed by atoms with Gasteiger partial charge in [0.25, 0.3) is 0 Å². The van der Waals surface area contributed by atoms with Gasteiger partial charge in [-0.3, -0.25) is 0 Å². The second-order valence-electron chi connectivity index (χ2n) is 3.37. The summed E-state index contributed by atoms with van der Waals surface area (Å²) in [5, 5.41) is 0. The molecule has 1 aromatic carbocycles. The summed E-state index contributed by atoms with van der Waals surface area (Å²) in [5.74, 6) is 0. The van der Waals surface area contributed by atoms with E-state index in [4.69, 9.17) is 0 Å². The minimum atomic E-state index is 0. The van der Waals surface area contributed by atoms with Crippen molar-refractivity contribution < 1.29 is 50.7 Å². The first-order valence-corrected chi connectivity index (χ1v) is 5.08. The molecule has 0 saturated carbocycles. The minimum Gasteiger partial charge on any atom is -1.00 e. The van der Waals surface area contributed by atoms with Crippen molar-refractivity contribution in [1.82, 2.24) is 0 Å². The van der Waals surface area contributed by atoms with Crippen molar-refractivity contribution in [3.8, 4) is 0 Å². The summed E-state index contributed by atoms with van der Waals surface area (Å²) in [6.45, 7) is 3.72.